The van der Waals surface area contributed by atoms with Crippen LogP contribution in [-0.2, 0) is 16.0 Å². The van der Waals surface area contributed by atoms with Crippen LogP contribution < -0.4 is 15.5 Å². The van der Waals surface area contributed by atoms with Gasteiger partial charge in [-0.2, -0.15) is 0 Å². The van der Waals surface area contributed by atoms with Crippen molar-refractivity contribution in [3.63, 3.8) is 0 Å². The molecule has 2 aliphatic heterocycles. The van der Waals surface area contributed by atoms with Gasteiger partial charge in [-0.25, -0.2) is 0 Å². The number of carbonyl (C=O) groups is 2. The van der Waals surface area contributed by atoms with E-state index < -0.39 is 0 Å². The third-order valence-electron chi connectivity index (χ3n) is 3.83. The lowest BCUT2D eigenvalue weighted by molar-refractivity contribution is -0.117. The molecule has 2 heterocycles. The molecule has 1 aromatic carbocycles. The average Bonchev–Trinajstić information content (AvgIpc) is 2.79. The van der Waals surface area contributed by atoms with Crippen LogP contribution in [0.25, 0.3) is 0 Å². The highest BCUT2D eigenvalue weighted by molar-refractivity contribution is 5.98. The predicted molar refractivity (Wildman–Crippen MR) is 73.2 cm³/mol. The van der Waals surface area contributed by atoms with Crippen LogP contribution in [0.1, 0.15) is 18.4 Å². The van der Waals surface area contributed by atoms with Gasteiger partial charge in [-0.3, -0.25) is 9.59 Å². The van der Waals surface area contributed by atoms with Crippen LogP contribution in [0.4, 0.5) is 11.4 Å². The van der Waals surface area contributed by atoms with E-state index in [2.05, 4.69) is 10.6 Å². The Bertz CT molecular complexity index is 541. The summed E-state index contributed by atoms with van der Waals surface area (Å²) >= 11 is 0. The smallest absolute Gasteiger partial charge is 0.228 e. The molecule has 0 aliphatic carbocycles. The highest BCUT2D eigenvalue weighted by atomic mass is 16.2. The first kappa shape index (κ1) is 12.2. The van der Waals surface area contributed by atoms with E-state index in [0.29, 0.717) is 19.4 Å². The Morgan fingerprint density at radius 1 is 1.32 bits per heavy atom. The second kappa shape index (κ2) is 4.66. The molecule has 0 radical (unpaired) electrons. The van der Waals surface area contributed by atoms with Crippen LogP contribution >= 0.6 is 0 Å². The van der Waals surface area contributed by atoms with E-state index in [1.807, 2.05) is 30.1 Å². The number of hydrogen-bond acceptors (Lipinski definition) is 3. The van der Waals surface area contributed by atoms with E-state index in [1.54, 1.807) is 0 Å². The Hall–Kier alpha value is -1.88. The van der Waals surface area contributed by atoms with Crippen molar-refractivity contribution in [2.45, 2.75) is 25.3 Å². The number of hydrogen-bond donors (Lipinski definition) is 2. The second-order valence-corrected chi connectivity index (χ2v) is 5.08. The Morgan fingerprint density at radius 3 is 2.89 bits per heavy atom. The molecule has 2 aliphatic rings. The molecule has 100 valence electrons. The lowest BCUT2D eigenvalue weighted by Crippen LogP contribution is -2.30. The third-order valence-corrected chi connectivity index (χ3v) is 3.83. The molecule has 1 aromatic rings. The molecule has 0 spiro atoms. The molecule has 1 unspecified atom stereocenters. The number of carbonyl (C=O) groups excluding carboxylic acids is 2. The van der Waals surface area contributed by atoms with Crippen LogP contribution in [0.15, 0.2) is 18.2 Å². The second-order valence-electron chi connectivity index (χ2n) is 5.08. The quantitative estimate of drug-likeness (QED) is 0.829. The fourth-order valence-corrected chi connectivity index (χ4v) is 2.69. The van der Waals surface area contributed by atoms with Gasteiger partial charge in [0.1, 0.15) is 0 Å². The fraction of sp³-hybridized carbons (Fsp3) is 0.429. The van der Waals surface area contributed by atoms with Crippen LogP contribution in [0, 0.1) is 0 Å². The lowest BCUT2D eigenvalue weighted by atomic mass is 10.0. The molecule has 0 aromatic heterocycles. The van der Waals surface area contributed by atoms with Crippen molar-refractivity contribution in [2.75, 3.05) is 23.8 Å². The zero-order valence-electron chi connectivity index (χ0n) is 10.9. The maximum absolute atomic E-state index is 12.0. The first-order valence-electron chi connectivity index (χ1n) is 6.58. The van der Waals surface area contributed by atoms with Gasteiger partial charge in [0.2, 0.25) is 11.8 Å². The number of benzene rings is 1. The van der Waals surface area contributed by atoms with Gasteiger partial charge >= 0.3 is 0 Å². The third kappa shape index (κ3) is 2.21. The number of nitrogens with one attached hydrogen (secondary N) is 2. The summed E-state index contributed by atoms with van der Waals surface area (Å²) in [5.41, 5.74) is 2.91. The maximum Gasteiger partial charge on any atom is 0.228 e. The number of nitrogens with zero attached hydrogens (tertiary/aromatic N) is 1. The topological polar surface area (TPSA) is 61.4 Å². The van der Waals surface area contributed by atoms with E-state index in [-0.39, 0.29) is 17.9 Å². The molecule has 5 nitrogen and oxygen atoms in total. The predicted octanol–water partition coefficient (Wildman–Crippen LogP) is 0.896. The van der Waals surface area contributed by atoms with Crippen molar-refractivity contribution in [3.05, 3.63) is 23.8 Å². The zero-order chi connectivity index (χ0) is 13.4. The van der Waals surface area contributed by atoms with E-state index in [9.17, 15) is 9.59 Å². The summed E-state index contributed by atoms with van der Waals surface area (Å²) in [5.74, 6) is 0.215. The number of rotatable bonds is 2. The van der Waals surface area contributed by atoms with Crippen molar-refractivity contribution in [2.24, 2.45) is 0 Å². The monoisotopic (exact) mass is 259 g/mol. The highest BCUT2D eigenvalue weighted by Crippen LogP contribution is 2.29. The van der Waals surface area contributed by atoms with Crippen molar-refractivity contribution in [3.8, 4) is 0 Å². The first-order chi connectivity index (χ1) is 9.17. The van der Waals surface area contributed by atoms with Crippen LogP contribution in [0.5, 0.6) is 0 Å². The number of anilines is 2. The minimum Gasteiger partial charge on any atom is -0.326 e. The van der Waals surface area contributed by atoms with Crippen LogP contribution in [0.3, 0.4) is 0 Å². The van der Waals surface area contributed by atoms with E-state index in [4.69, 9.17) is 0 Å². The van der Waals surface area contributed by atoms with Crippen molar-refractivity contribution >= 4 is 23.2 Å². The number of likely N-dealkylation sites (N-methyl/N-ethyl adjacent to an activating group) is 1. The van der Waals surface area contributed by atoms with Gasteiger partial charge in [-0.1, -0.05) is 0 Å². The average molecular weight is 259 g/mol. The van der Waals surface area contributed by atoms with Crippen LogP contribution in [-0.4, -0.2) is 31.4 Å². The van der Waals surface area contributed by atoms with Crippen molar-refractivity contribution < 1.29 is 9.59 Å². The Morgan fingerprint density at radius 2 is 2.16 bits per heavy atom. The van der Waals surface area contributed by atoms with Gasteiger partial charge in [0.05, 0.1) is 0 Å². The summed E-state index contributed by atoms with van der Waals surface area (Å²) in [6, 6.07) is 6.04. The van der Waals surface area contributed by atoms with Crippen molar-refractivity contribution in [1.29, 1.82) is 0 Å². The van der Waals surface area contributed by atoms with E-state index in [0.717, 1.165) is 23.4 Å². The largest absolute Gasteiger partial charge is 0.326 e. The summed E-state index contributed by atoms with van der Waals surface area (Å²) < 4.78 is 0. The molecule has 2 amide bonds. The maximum atomic E-state index is 12.0. The van der Waals surface area contributed by atoms with E-state index >= 15 is 0 Å². The molecule has 1 fully saturated rings. The standard InChI is InChI=1S/C14H17N3O2/c1-15-10-7-14(19)17(8-10)11-3-4-12-9(6-11)2-5-13(18)16-12/h3-4,6,10,15H,2,5,7-8H2,1H3,(H,16,18). The molecule has 3 rings (SSSR count). The first-order valence-corrected chi connectivity index (χ1v) is 6.58. The lowest BCUT2D eigenvalue weighted by Gasteiger charge is -2.21. The Balaban J connectivity index is 1.86. The molecule has 0 bridgehead atoms. The summed E-state index contributed by atoms with van der Waals surface area (Å²) in [5, 5.41) is 6.00. The molecule has 1 atom stereocenters. The zero-order valence-corrected chi connectivity index (χ0v) is 10.9. The summed E-state index contributed by atoms with van der Waals surface area (Å²) in [6.07, 6.45) is 1.81. The van der Waals surface area contributed by atoms with Crippen LogP contribution in [0.2, 0.25) is 0 Å². The van der Waals surface area contributed by atoms with Gasteiger partial charge in [-0.05, 0) is 37.2 Å². The minimum absolute atomic E-state index is 0.0627. The highest BCUT2D eigenvalue weighted by Gasteiger charge is 2.30. The Labute approximate surface area is 112 Å². The molecule has 0 saturated carbocycles. The number of amides is 2. The van der Waals surface area contributed by atoms with Gasteiger partial charge in [0, 0.05) is 36.8 Å². The Kier molecular flexibility index (Phi) is 2.98. The minimum atomic E-state index is 0.0627. The summed E-state index contributed by atoms with van der Waals surface area (Å²) in [6.45, 7) is 0.709. The summed E-state index contributed by atoms with van der Waals surface area (Å²) in [4.78, 5) is 25.1. The van der Waals surface area contributed by atoms with Gasteiger partial charge in [0.15, 0.2) is 0 Å². The molecular weight excluding hydrogens is 242 g/mol. The molecule has 5 heteroatoms. The molecule has 2 N–H and O–H groups in total. The molecule has 19 heavy (non-hydrogen) atoms. The molecule has 1 saturated heterocycles. The normalized spacial score (nSPS) is 22.4. The van der Waals surface area contributed by atoms with Gasteiger partial charge in [-0.15, -0.1) is 0 Å². The fourth-order valence-electron chi connectivity index (χ4n) is 2.69. The van der Waals surface area contributed by atoms with E-state index in [1.165, 1.54) is 0 Å². The van der Waals surface area contributed by atoms with Gasteiger partial charge in [0.25, 0.3) is 0 Å². The number of aryl methyl sites for hydroxylation is 1. The number of fused-ring (bicyclic) bond motifs is 1. The van der Waals surface area contributed by atoms with Gasteiger partial charge < -0.3 is 15.5 Å². The SMILES string of the molecule is CNC1CC(=O)N(c2ccc3c(c2)CCC(=O)N3)C1. The molecular formula is C14H17N3O2. The summed E-state index contributed by atoms with van der Waals surface area (Å²) in [7, 11) is 1.88. The van der Waals surface area contributed by atoms with Crippen molar-refractivity contribution in [1.82, 2.24) is 5.32 Å².